The number of nitrogen functional groups attached to an aromatic ring is 2. The summed E-state index contributed by atoms with van der Waals surface area (Å²) >= 11 is 1.12. The molecule has 3 aromatic heterocycles. The number of nitrogens with zero attached hydrogens (tertiary/aromatic N) is 3. The van der Waals surface area contributed by atoms with Gasteiger partial charge in [-0.15, -0.1) is 11.3 Å². The third-order valence-electron chi connectivity index (χ3n) is 6.65. The Kier molecular flexibility index (Phi) is 6.48. The first-order chi connectivity index (χ1) is 19.9. The number of hydrogen-bond donors (Lipinski definition) is 3. The van der Waals surface area contributed by atoms with Gasteiger partial charge in [-0.05, 0) is 53.6 Å². The van der Waals surface area contributed by atoms with Crippen LogP contribution in [0.25, 0.3) is 38.3 Å². The monoisotopic (exact) mass is 566 g/mol. The Balaban J connectivity index is 1.54. The topological polar surface area (TPSA) is 151 Å². The Labute approximate surface area is 238 Å². The van der Waals surface area contributed by atoms with E-state index in [1.165, 1.54) is 4.68 Å². The third kappa shape index (κ3) is 4.57. The molecule has 0 bridgehead atoms. The lowest BCUT2D eigenvalue weighted by Crippen LogP contribution is -2.38. The van der Waals surface area contributed by atoms with Crippen molar-refractivity contribution < 1.29 is 28.6 Å². The van der Waals surface area contributed by atoms with E-state index in [2.05, 4.69) is 5.27 Å². The molecule has 0 aliphatic carbocycles. The van der Waals surface area contributed by atoms with E-state index in [1.807, 2.05) is 42.5 Å². The van der Waals surface area contributed by atoms with Crippen LogP contribution in [0.2, 0.25) is 0 Å². The molecule has 0 saturated heterocycles. The Morgan fingerprint density at radius 1 is 0.927 bits per heavy atom. The number of methoxy groups -OCH3 is 2. The molecule has 0 atom stereocenters. The summed E-state index contributed by atoms with van der Waals surface area (Å²) in [6.07, 6.45) is 0. The van der Waals surface area contributed by atoms with Crippen molar-refractivity contribution in [1.29, 1.82) is 0 Å². The average Bonchev–Trinajstić information content (AvgIpc) is 3.56. The van der Waals surface area contributed by atoms with Crippen LogP contribution in [0.5, 0.6) is 17.4 Å². The number of rotatable bonds is 7. The summed E-state index contributed by atoms with van der Waals surface area (Å²) in [5.41, 5.74) is 16.9. The summed E-state index contributed by atoms with van der Waals surface area (Å²) in [6.45, 7) is 0. The average molecular weight is 567 g/mol. The number of carbonyl (C=O) groups excluding carboxylic acids is 1. The number of ether oxygens (including phenoxy) is 2. The van der Waals surface area contributed by atoms with Gasteiger partial charge in [-0.25, -0.2) is 4.98 Å². The molecule has 11 heteroatoms. The highest BCUT2D eigenvalue weighted by Crippen LogP contribution is 2.43. The number of hydrogen-bond acceptors (Lipinski definition) is 10. The summed E-state index contributed by atoms with van der Waals surface area (Å²) in [5.74, 6) is 0.0928. The zero-order valence-corrected chi connectivity index (χ0v) is 22.8. The molecular formula is C30H24N5O5S+. The number of fused-ring (bicyclic) bond motifs is 1. The summed E-state index contributed by atoms with van der Waals surface area (Å²) in [4.78, 5) is 19.5. The van der Waals surface area contributed by atoms with Crippen molar-refractivity contribution >= 4 is 38.7 Å². The summed E-state index contributed by atoms with van der Waals surface area (Å²) in [7, 11) is 3.15. The number of benzene rings is 3. The molecule has 6 rings (SSSR count). The predicted octanol–water partition coefficient (Wildman–Crippen LogP) is 5.01. The minimum atomic E-state index is -0.633. The van der Waals surface area contributed by atoms with Crippen molar-refractivity contribution in [3.8, 4) is 45.5 Å². The second-order valence-electron chi connectivity index (χ2n) is 9.10. The SMILES string of the molecule is COc1ccc(-[n+]2noc(O)c2C(=O)c2sc3nc(-c4ccc(N)cc4)cc(-c4cccc(OC)c4)c3c2N)cc1. The van der Waals surface area contributed by atoms with Gasteiger partial charge in [0.2, 0.25) is 11.0 Å². The number of nitrogens with two attached hydrogens (primary N) is 2. The lowest BCUT2D eigenvalue weighted by molar-refractivity contribution is -0.672. The lowest BCUT2D eigenvalue weighted by atomic mass is 9.99. The Morgan fingerprint density at radius 2 is 1.66 bits per heavy atom. The normalized spacial score (nSPS) is 11.1. The molecule has 0 aliphatic heterocycles. The Hall–Kier alpha value is -5.42. The molecular weight excluding hydrogens is 542 g/mol. The maximum Gasteiger partial charge on any atom is 0.393 e. The molecule has 0 aliphatic rings. The Morgan fingerprint density at radius 3 is 2.37 bits per heavy atom. The van der Waals surface area contributed by atoms with Gasteiger partial charge >= 0.3 is 11.6 Å². The van der Waals surface area contributed by atoms with Gasteiger partial charge < -0.3 is 26.0 Å². The minimum Gasteiger partial charge on any atom is -0.497 e. The lowest BCUT2D eigenvalue weighted by Gasteiger charge is -2.10. The highest BCUT2D eigenvalue weighted by Gasteiger charge is 2.37. The fourth-order valence-corrected chi connectivity index (χ4v) is 5.63. The number of anilines is 2. The standard InChI is InChI=1S/C30H23N5O5S/c1-38-20-12-10-19(11-13-20)35-26(30(37)40-34-35)27(36)28-25(32)24-22(17-4-3-5-21(14-17)39-2)15-23(33-29(24)41-28)16-6-8-18(31)9-7-16/h3-15H,1-2H3,(H4-,31,32,33,34,36,37)/p+1. The quantitative estimate of drug-likeness (QED) is 0.138. The van der Waals surface area contributed by atoms with E-state index in [0.717, 1.165) is 28.0 Å². The van der Waals surface area contributed by atoms with E-state index in [-0.39, 0.29) is 16.3 Å². The van der Waals surface area contributed by atoms with Gasteiger partial charge in [0.15, 0.2) is 0 Å². The van der Waals surface area contributed by atoms with E-state index in [1.54, 1.807) is 50.6 Å². The first kappa shape index (κ1) is 25.8. The zero-order chi connectivity index (χ0) is 28.7. The van der Waals surface area contributed by atoms with Crippen molar-refractivity contribution in [1.82, 2.24) is 10.3 Å². The van der Waals surface area contributed by atoms with E-state index in [4.69, 9.17) is 30.4 Å². The molecule has 3 heterocycles. The molecule has 41 heavy (non-hydrogen) atoms. The fraction of sp³-hybridized carbons (Fsp3) is 0.0667. The van der Waals surface area contributed by atoms with Crippen LogP contribution in [0.4, 0.5) is 11.4 Å². The van der Waals surface area contributed by atoms with Crippen LogP contribution in [0.15, 0.2) is 83.4 Å². The van der Waals surface area contributed by atoms with Gasteiger partial charge in [0.05, 0.1) is 25.6 Å². The molecule has 5 N–H and O–H groups in total. The van der Waals surface area contributed by atoms with Gasteiger partial charge in [0, 0.05) is 33.5 Å². The maximum absolute atomic E-state index is 13.9. The summed E-state index contributed by atoms with van der Waals surface area (Å²) in [5, 5.41) is 15.0. The zero-order valence-electron chi connectivity index (χ0n) is 22.0. The van der Waals surface area contributed by atoms with Crippen molar-refractivity contribution in [3.63, 3.8) is 0 Å². The van der Waals surface area contributed by atoms with Crippen LogP contribution >= 0.6 is 11.3 Å². The number of pyridine rings is 1. The maximum atomic E-state index is 13.9. The van der Waals surface area contributed by atoms with Gasteiger partial charge in [0.1, 0.15) is 21.2 Å². The van der Waals surface area contributed by atoms with Crippen LogP contribution in [0.3, 0.4) is 0 Å². The second kappa shape index (κ2) is 10.3. The van der Waals surface area contributed by atoms with E-state index >= 15 is 0 Å². The van der Waals surface area contributed by atoms with Crippen molar-refractivity contribution in [2.75, 3.05) is 25.7 Å². The number of aromatic nitrogens is 3. The second-order valence-corrected chi connectivity index (χ2v) is 10.1. The van der Waals surface area contributed by atoms with Crippen LogP contribution in [0, 0.1) is 0 Å². The van der Waals surface area contributed by atoms with Gasteiger partial charge in [-0.3, -0.25) is 9.32 Å². The first-order valence-corrected chi connectivity index (χ1v) is 13.2. The number of carbonyl (C=O) groups is 1. The third-order valence-corrected chi connectivity index (χ3v) is 7.75. The molecule has 0 fully saturated rings. The van der Waals surface area contributed by atoms with E-state index < -0.39 is 11.7 Å². The van der Waals surface area contributed by atoms with E-state index in [0.29, 0.717) is 38.8 Å². The van der Waals surface area contributed by atoms with Crippen molar-refractivity contribution in [2.24, 2.45) is 0 Å². The number of aromatic hydroxyl groups is 1. The number of thiophene rings is 1. The van der Waals surface area contributed by atoms with E-state index in [9.17, 15) is 9.90 Å². The van der Waals surface area contributed by atoms with Crippen LogP contribution in [-0.4, -0.2) is 35.4 Å². The molecule has 0 saturated carbocycles. The summed E-state index contributed by atoms with van der Waals surface area (Å²) < 4.78 is 16.9. The molecule has 0 radical (unpaired) electrons. The smallest absolute Gasteiger partial charge is 0.393 e. The molecule has 10 nitrogen and oxygen atoms in total. The highest BCUT2D eigenvalue weighted by atomic mass is 32.1. The summed E-state index contributed by atoms with van der Waals surface area (Å²) in [6, 6.07) is 23.6. The molecule has 204 valence electrons. The molecule has 3 aromatic carbocycles. The molecule has 6 aromatic rings. The largest absolute Gasteiger partial charge is 0.497 e. The van der Waals surface area contributed by atoms with Crippen molar-refractivity contribution in [3.05, 3.63) is 89.4 Å². The van der Waals surface area contributed by atoms with Crippen molar-refractivity contribution in [2.45, 2.75) is 0 Å². The van der Waals surface area contributed by atoms with Crippen LogP contribution < -0.4 is 25.6 Å². The Bertz CT molecular complexity index is 1910. The van der Waals surface area contributed by atoms with Crippen LogP contribution in [0.1, 0.15) is 15.4 Å². The molecule has 0 spiro atoms. The van der Waals surface area contributed by atoms with Gasteiger partial charge in [-0.1, -0.05) is 24.3 Å². The fourth-order valence-electron chi connectivity index (χ4n) is 4.56. The highest BCUT2D eigenvalue weighted by molar-refractivity contribution is 7.21. The predicted molar refractivity (Wildman–Crippen MR) is 156 cm³/mol. The number of ketones is 1. The molecule has 0 amide bonds. The minimum absolute atomic E-state index is 0.171. The van der Waals surface area contributed by atoms with Gasteiger partial charge in [-0.2, -0.15) is 0 Å². The molecule has 0 unspecified atom stereocenters. The van der Waals surface area contributed by atoms with Gasteiger partial charge in [0.25, 0.3) is 5.78 Å². The van der Waals surface area contributed by atoms with Crippen LogP contribution in [-0.2, 0) is 0 Å². The first-order valence-electron chi connectivity index (χ1n) is 12.4.